The van der Waals surface area contributed by atoms with E-state index in [9.17, 15) is 13.6 Å². The minimum Gasteiger partial charge on any atom is -0.493 e. The molecule has 6 heteroatoms. The molecule has 0 bridgehead atoms. The topological polar surface area (TPSA) is 44.8 Å². The van der Waals surface area contributed by atoms with Crippen LogP contribution in [0.1, 0.15) is 40.2 Å². The average molecular weight is 368 g/mol. The van der Waals surface area contributed by atoms with Crippen LogP contribution in [-0.4, -0.2) is 25.8 Å². The molecule has 0 saturated heterocycles. The number of halogens is 2. The van der Waals surface area contributed by atoms with Crippen molar-refractivity contribution in [3.05, 3.63) is 35.1 Å². The lowest BCUT2D eigenvalue weighted by Crippen LogP contribution is -2.23. The summed E-state index contributed by atoms with van der Waals surface area (Å²) in [4.78, 5) is 12.6. The number of carbonyl (C=O) groups excluding carboxylic acids is 1. The van der Waals surface area contributed by atoms with Gasteiger partial charge in [-0.15, -0.1) is 0 Å². The number of hydrogen-bond donors (Lipinski definition) is 0. The van der Waals surface area contributed by atoms with Gasteiger partial charge in [-0.05, 0) is 24.0 Å². The Morgan fingerprint density at radius 3 is 2.42 bits per heavy atom. The molecule has 0 radical (unpaired) electrons. The lowest BCUT2D eigenvalue weighted by molar-refractivity contribution is -0.145. The molecule has 0 saturated carbocycles. The van der Waals surface area contributed by atoms with Crippen LogP contribution < -0.4 is 4.74 Å². The Hall–Kier alpha value is -2.11. The van der Waals surface area contributed by atoms with Gasteiger partial charge in [0.1, 0.15) is 6.10 Å². The van der Waals surface area contributed by atoms with E-state index in [1.54, 1.807) is 0 Å². The summed E-state index contributed by atoms with van der Waals surface area (Å²) in [6.45, 7) is 9.94. The summed E-state index contributed by atoms with van der Waals surface area (Å²) in [5.41, 5.74) is 0.784. The van der Waals surface area contributed by atoms with Crippen LogP contribution in [0.2, 0.25) is 0 Å². The Labute approximate surface area is 153 Å². The predicted molar refractivity (Wildman–Crippen MR) is 94.5 cm³/mol. The molecule has 2 rings (SSSR count). The van der Waals surface area contributed by atoms with E-state index in [1.807, 2.05) is 34.6 Å². The first-order valence-corrected chi connectivity index (χ1v) is 8.79. The Kier molecular flexibility index (Phi) is 6.26. The summed E-state index contributed by atoms with van der Waals surface area (Å²) in [6, 6.07) is 2.43. The molecule has 0 spiro atoms. The van der Waals surface area contributed by atoms with E-state index in [0.29, 0.717) is 11.1 Å². The monoisotopic (exact) mass is 368 g/mol. The number of hydrogen-bond acceptors (Lipinski definition) is 4. The SMILES string of the molecule is COc1c(C2=C(C(=O)OCC(C)C)O[C@@H](C(C)C)[C@H]2C)ccc(F)c1F. The number of esters is 1. The molecule has 0 aliphatic carbocycles. The highest BCUT2D eigenvalue weighted by molar-refractivity contribution is 5.98. The number of carbonyl (C=O) groups is 1. The second-order valence-corrected chi connectivity index (χ2v) is 7.29. The van der Waals surface area contributed by atoms with Crippen LogP contribution in [0.4, 0.5) is 8.78 Å². The van der Waals surface area contributed by atoms with Crippen molar-refractivity contribution >= 4 is 11.5 Å². The van der Waals surface area contributed by atoms with Gasteiger partial charge in [0, 0.05) is 17.1 Å². The molecule has 1 heterocycles. The zero-order valence-corrected chi connectivity index (χ0v) is 16.1. The number of ether oxygens (including phenoxy) is 3. The first kappa shape index (κ1) is 20.2. The highest BCUT2D eigenvalue weighted by Gasteiger charge is 2.41. The zero-order chi connectivity index (χ0) is 19.6. The van der Waals surface area contributed by atoms with Crippen molar-refractivity contribution in [2.24, 2.45) is 17.8 Å². The van der Waals surface area contributed by atoms with E-state index in [1.165, 1.54) is 13.2 Å². The highest BCUT2D eigenvalue weighted by Crippen LogP contribution is 2.45. The summed E-state index contributed by atoms with van der Waals surface area (Å²) >= 11 is 0. The van der Waals surface area contributed by atoms with Crippen LogP contribution >= 0.6 is 0 Å². The molecule has 0 fully saturated rings. The molecule has 144 valence electrons. The fourth-order valence-electron chi connectivity index (χ4n) is 3.16. The predicted octanol–water partition coefficient (Wildman–Crippen LogP) is 4.57. The molecule has 4 nitrogen and oxygen atoms in total. The highest BCUT2D eigenvalue weighted by atomic mass is 19.2. The van der Waals surface area contributed by atoms with Gasteiger partial charge in [0.2, 0.25) is 11.6 Å². The Morgan fingerprint density at radius 1 is 1.23 bits per heavy atom. The molecule has 1 aliphatic heterocycles. The zero-order valence-electron chi connectivity index (χ0n) is 16.1. The Morgan fingerprint density at radius 2 is 1.88 bits per heavy atom. The van der Waals surface area contributed by atoms with Crippen molar-refractivity contribution in [1.82, 2.24) is 0 Å². The first-order valence-electron chi connectivity index (χ1n) is 8.79. The number of methoxy groups -OCH3 is 1. The van der Waals surface area contributed by atoms with Crippen LogP contribution in [0.5, 0.6) is 5.75 Å². The molecular weight excluding hydrogens is 342 g/mol. The molecule has 0 N–H and O–H groups in total. The minimum atomic E-state index is -1.09. The van der Waals surface area contributed by atoms with Gasteiger partial charge in [0.15, 0.2) is 11.6 Å². The molecule has 26 heavy (non-hydrogen) atoms. The first-order chi connectivity index (χ1) is 12.2. The summed E-state index contributed by atoms with van der Waals surface area (Å²) in [6.07, 6.45) is -0.274. The third-order valence-electron chi connectivity index (χ3n) is 4.38. The normalized spacial score (nSPS) is 19.9. The van der Waals surface area contributed by atoms with Gasteiger partial charge in [-0.1, -0.05) is 34.6 Å². The van der Waals surface area contributed by atoms with Crippen LogP contribution in [0.25, 0.3) is 5.57 Å². The Balaban J connectivity index is 2.56. The number of benzene rings is 1. The maximum absolute atomic E-state index is 14.2. The van der Waals surface area contributed by atoms with E-state index in [2.05, 4.69) is 0 Å². The molecule has 0 unspecified atom stereocenters. The van der Waals surface area contributed by atoms with Gasteiger partial charge < -0.3 is 14.2 Å². The summed E-state index contributed by atoms with van der Waals surface area (Å²) in [5, 5.41) is 0. The third-order valence-corrected chi connectivity index (χ3v) is 4.38. The van der Waals surface area contributed by atoms with Crippen LogP contribution in [-0.2, 0) is 14.3 Å². The van der Waals surface area contributed by atoms with Gasteiger partial charge >= 0.3 is 5.97 Å². The lowest BCUT2D eigenvalue weighted by Gasteiger charge is -2.21. The Bertz CT molecular complexity index is 710. The maximum atomic E-state index is 14.2. The van der Waals surface area contributed by atoms with E-state index in [-0.39, 0.29) is 42.0 Å². The van der Waals surface area contributed by atoms with E-state index >= 15 is 0 Å². The molecule has 2 atom stereocenters. The van der Waals surface area contributed by atoms with Crippen LogP contribution in [0.3, 0.4) is 0 Å². The van der Waals surface area contributed by atoms with Gasteiger partial charge in [0.05, 0.1) is 13.7 Å². The largest absolute Gasteiger partial charge is 0.493 e. The fraction of sp³-hybridized carbons (Fsp3) is 0.550. The van der Waals surface area contributed by atoms with Gasteiger partial charge in [-0.2, -0.15) is 4.39 Å². The van der Waals surface area contributed by atoms with E-state index in [4.69, 9.17) is 14.2 Å². The summed E-state index contributed by atoms with van der Waals surface area (Å²) < 4.78 is 44.1. The van der Waals surface area contributed by atoms with Crippen molar-refractivity contribution in [3.63, 3.8) is 0 Å². The standard InChI is InChI=1S/C20H26F2O4/c1-10(2)9-25-20(23)19-15(12(5)17(26-19)11(3)4)13-7-8-14(21)16(22)18(13)24-6/h7-8,10-12,17H,9H2,1-6H3/t12-,17-/m0/s1. The molecule has 0 amide bonds. The molecule has 1 aliphatic rings. The van der Waals surface area contributed by atoms with Crippen molar-refractivity contribution < 1.29 is 27.8 Å². The van der Waals surface area contributed by atoms with Gasteiger partial charge in [-0.25, -0.2) is 9.18 Å². The molecule has 1 aromatic carbocycles. The average Bonchev–Trinajstić information content (AvgIpc) is 2.92. The second kappa shape index (κ2) is 8.06. The van der Waals surface area contributed by atoms with Crippen molar-refractivity contribution in [1.29, 1.82) is 0 Å². The summed E-state index contributed by atoms with van der Waals surface area (Å²) in [7, 11) is 1.26. The lowest BCUT2D eigenvalue weighted by atomic mass is 9.86. The van der Waals surface area contributed by atoms with E-state index < -0.39 is 17.6 Å². The van der Waals surface area contributed by atoms with Crippen LogP contribution in [0, 0.1) is 29.4 Å². The fourth-order valence-corrected chi connectivity index (χ4v) is 3.16. The smallest absolute Gasteiger partial charge is 0.373 e. The quantitative estimate of drug-likeness (QED) is 0.690. The molecule has 1 aromatic rings. The molecular formula is C20H26F2O4. The second-order valence-electron chi connectivity index (χ2n) is 7.29. The van der Waals surface area contributed by atoms with Gasteiger partial charge in [-0.3, -0.25) is 0 Å². The van der Waals surface area contributed by atoms with Crippen LogP contribution in [0.15, 0.2) is 17.9 Å². The van der Waals surface area contributed by atoms with Crippen molar-refractivity contribution in [2.75, 3.05) is 13.7 Å². The minimum absolute atomic E-state index is 0.0427. The maximum Gasteiger partial charge on any atom is 0.373 e. The third kappa shape index (κ3) is 3.84. The number of rotatable bonds is 6. The van der Waals surface area contributed by atoms with Crippen molar-refractivity contribution in [2.45, 2.75) is 40.7 Å². The summed E-state index contributed by atoms with van der Waals surface area (Å²) in [5.74, 6) is -2.83. The van der Waals surface area contributed by atoms with E-state index in [0.717, 1.165) is 6.07 Å². The van der Waals surface area contributed by atoms with Crippen molar-refractivity contribution in [3.8, 4) is 5.75 Å². The molecule has 0 aromatic heterocycles. The van der Waals surface area contributed by atoms with Gasteiger partial charge in [0.25, 0.3) is 0 Å².